The summed E-state index contributed by atoms with van der Waals surface area (Å²) in [7, 11) is 0. The van der Waals surface area contributed by atoms with Crippen molar-refractivity contribution in [3.05, 3.63) is 47.5 Å². The summed E-state index contributed by atoms with van der Waals surface area (Å²) < 4.78 is 5.48. The average molecular weight is 284 g/mol. The molecular formula is C19H24O2. The quantitative estimate of drug-likeness (QED) is 0.733. The number of esters is 1. The highest BCUT2D eigenvalue weighted by atomic mass is 16.5. The van der Waals surface area contributed by atoms with Crippen LogP contribution in [0.25, 0.3) is 10.8 Å². The maximum Gasteiger partial charge on any atom is 0.339 e. The van der Waals surface area contributed by atoms with Gasteiger partial charge in [-0.25, -0.2) is 4.79 Å². The zero-order valence-corrected chi connectivity index (χ0v) is 13.3. The van der Waals surface area contributed by atoms with Crippen molar-refractivity contribution in [3.63, 3.8) is 0 Å². The number of rotatable bonds is 5. The Bertz CT molecular complexity index is 626. The Kier molecular flexibility index (Phi) is 5.00. The van der Waals surface area contributed by atoms with Gasteiger partial charge in [0.25, 0.3) is 0 Å². The lowest BCUT2D eigenvalue weighted by molar-refractivity contribution is 0.0460. The molecule has 0 atom stereocenters. The summed E-state index contributed by atoms with van der Waals surface area (Å²) >= 11 is 0. The van der Waals surface area contributed by atoms with E-state index in [9.17, 15) is 4.79 Å². The third kappa shape index (κ3) is 3.84. The average Bonchev–Trinajstić information content (AvgIpc) is 2.44. The van der Waals surface area contributed by atoms with Crippen molar-refractivity contribution in [1.29, 1.82) is 0 Å². The fourth-order valence-corrected chi connectivity index (χ4v) is 2.48. The molecule has 0 heterocycles. The molecule has 2 nitrogen and oxygen atoms in total. The number of hydrogen-bond acceptors (Lipinski definition) is 2. The summed E-state index contributed by atoms with van der Waals surface area (Å²) in [5, 5.41) is 2.07. The first-order chi connectivity index (χ1) is 9.99. The first kappa shape index (κ1) is 15.6. The maximum absolute atomic E-state index is 12.5. The Morgan fingerprint density at radius 3 is 2.38 bits per heavy atom. The Hall–Kier alpha value is -1.83. The highest BCUT2D eigenvalue weighted by Gasteiger charge is 2.17. The van der Waals surface area contributed by atoms with Crippen LogP contribution >= 0.6 is 0 Å². The van der Waals surface area contributed by atoms with E-state index < -0.39 is 0 Å². The lowest BCUT2D eigenvalue weighted by atomic mass is 9.93. The van der Waals surface area contributed by atoms with Gasteiger partial charge in [0.2, 0.25) is 0 Å². The van der Waals surface area contributed by atoms with Crippen molar-refractivity contribution >= 4 is 16.7 Å². The van der Waals surface area contributed by atoms with E-state index in [1.807, 2.05) is 38.1 Å². The summed E-state index contributed by atoms with van der Waals surface area (Å²) in [5.41, 5.74) is 1.82. The molecule has 0 saturated carbocycles. The predicted octanol–water partition coefficient (Wildman–Crippen LogP) is 4.85. The molecule has 2 rings (SSSR count). The van der Waals surface area contributed by atoms with E-state index in [1.54, 1.807) is 0 Å². The monoisotopic (exact) mass is 284 g/mol. The molecule has 0 aliphatic rings. The summed E-state index contributed by atoms with van der Waals surface area (Å²) in [6, 6.07) is 12.2. The van der Waals surface area contributed by atoms with E-state index in [4.69, 9.17) is 4.74 Å². The molecule has 21 heavy (non-hydrogen) atoms. The predicted molar refractivity (Wildman–Crippen MR) is 87.6 cm³/mol. The molecule has 2 aromatic carbocycles. The molecule has 0 bridgehead atoms. The molecule has 0 radical (unpaired) electrons. The first-order valence-corrected chi connectivity index (χ1v) is 7.66. The van der Waals surface area contributed by atoms with Gasteiger partial charge in [0, 0.05) is 0 Å². The zero-order chi connectivity index (χ0) is 15.4. The summed E-state index contributed by atoms with van der Waals surface area (Å²) in [5.74, 6) is 0.649. The molecular weight excluding hydrogens is 260 g/mol. The third-order valence-corrected chi connectivity index (χ3v) is 3.40. The van der Waals surface area contributed by atoms with E-state index in [0.717, 1.165) is 28.3 Å². The van der Waals surface area contributed by atoms with Crippen LogP contribution < -0.4 is 0 Å². The normalized spacial score (nSPS) is 11.3. The van der Waals surface area contributed by atoms with Gasteiger partial charge in [-0.3, -0.25) is 0 Å². The van der Waals surface area contributed by atoms with Crippen molar-refractivity contribution in [1.82, 2.24) is 0 Å². The highest BCUT2D eigenvalue weighted by molar-refractivity contribution is 6.05. The zero-order valence-electron chi connectivity index (χ0n) is 13.3. The fourth-order valence-electron chi connectivity index (χ4n) is 2.48. The van der Waals surface area contributed by atoms with Crippen LogP contribution in [0.1, 0.15) is 43.6 Å². The van der Waals surface area contributed by atoms with E-state index in [-0.39, 0.29) is 5.97 Å². The number of fused-ring (bicyclic) bond motifs is 1. The maximum atomic E-state index is 12.5. The van der Waals surface area contributed by atoms with Crippen LogP contribution in [-0.2, 0) is 11.2 Å². The van der Waals surface area contributed by atoms with Crippen molar-refractivity contribution in [2.45, 2.75) is 34.1 Å². The summed E-state index contributed by atoms with van der Waals surface area (Å²) in [6.07, 6.45) is 0.886. The standard InChI is InChI=1S/C19H24O2/c1-13(2)11-16-10-9-15-7-5-6-8-17(15)18(16)19(20)21-12-14(3)4/h5-10,13-14H,11-12H2,1-4H3. The van der Waals surface area contributed by atoms with Crippen molar-refractivity contribution in [2.75, 3.05) is 6.61 Å². The van der Waals surface area contributed by atoms with Gasteiger partial charge < -0.3 is 4.74 Å². The lowest BCUT2D eigenvalue weighted by Crippen LogP contribution is -2.13. The molecule has 0 aliphatic heterocycles. The van der Waals surface area contributed by atoms with Crippen LogP contribution in [-0.4, -0.2) is 12.6 Å². The minimum atomic E-state index is -0.198. The van der Waals surface area contributed by atoms with Gasteiger partial charge in [-0.05, 0) is 34.6 Å². The second-order valence-corrected chi connectivity index (χ2v) is 6.41. The van der Waals surface area contributed by atoms with Crippen LogP contribution in [0.15, 0.2) is 36.4 Å². The second kappa shape index (κ2) is 6.75. The van der Waals surface area contributed by atoms with Gasteiger partial charge in [0.05, 0.1) is 12.2 Å². The molecule has 2 aromatic rings. The highest BCUT2D eigenvalue weighted by Crippen LogP contribution is 2.25. The number of carbonyl (C=O) groups excluding carboxylic acids is 1. The molecule has 0 amide bonds. The molecule has 0 saturated heterocycles. The third-order valence-electron chi connectivity index (χ3n) is 3.40. The SMILES string of the molecule is CC(C)COC(=O)c1c(CC(C)C)ccc2ccccc12. The Morgan fingerprint density at radius 2 is 1.71 bits per heavy atom. The Balaban J connectivity index is 2.47. The number of ether oxygens (including phenoxy) is 1. The number of benzene rings is 2. The molecule has 0 aromatic heterocycles. The van der Waals surface area contributed by atoms with Crippen LogP contribution in [0.3, 0.4) is 0 Å². The van der Waals surface area contributed by atoms with Gasteiger partial charge in [0.15, 0.2) is 0 Å². The minimum Gasteiger partial charge on any atom is -0.462 e. The number of hydrogen-bond donors (Lipinski definition) is 0. The summed E-state index contributed by atoms with van der Waals surface area (Å²) in [6.45, 7) is 8.89. The van der Waals surface area contributed by atoms with E-state index in [1.165, 1.54) is 0 Å². The van der Waals surface area contributed by atoms with Crippen LogP contribution in [0.2, 0.25) is 0 Å². The van der Waals surface area contributed by atoms with Crippen LogP contribution in [0, 0.1) is 11.8 Å². The molecule has 112 valence electrons. The van der Waals surface area contributed by atoms with Gasteiger partial charge in [-0.1, -0.05) is 64.1 Å². The van der Waals surface area contributed by atoms with Crippen LogP contribution in [0.5, 0.6) is 0 Å². The largest absolute Gasteiger partial charge is 0.462 e. The molecule has 2 heteroatoms. The second-order valence-electron chi connectivity index (χ2n) is 6.41. The lowest BCUT2D eigenvalue weighted by Gasteiger charge is -2.15. The number of carbonyl (C=O) groups is 1. The van der Waals surface area contributed by atoms with E-state index in [0.29, 0.717) is 18.4 Å². The first-order valence-electron chi connectivity index (χ1n) is 7.66. The van der Waals surface area contributed by atoms with Gasteiger partial charge in [-0.15, -0.1) is 0 Å². The topological polar surface area (TPSA) is 26.3 Å². The van der Waals surface area contributed by atoms with Crippen molar-refractivity contribution in [2.24, 2.45) is 11.8 Å². The Labute approximate surface area is 127 Å². The van der Waals surface area contributed by atoms with Gasteiger partial charge in [-0.2, -0.15) is 0 Å². The minimum absolute atomic E-state index is 0.198. The van der Waals surface area contributed by atoms with E-state index in [2.05, 4.69) is 26.0 Å². The molecule has 0 N–H and O–H groups in total. The van der Waals surface area contributed by atoms with Crippen molar-refractivity contribution < 1.29 is 9.53 Å². The van der Waals surface area contributed by atoms with Gasteiger partial charge >= 0.3 is 5.97 Å². The summed E-state index contributed by atoms with van der Waals surface area (Å²) in [4.78, 5) is 12.5. The molecule has 0 unspecified atom stereocenters. The Morgan fingerprint density at radius 1 is 1.00 bits per heavy atom. The molecule has 0 fully saturated rings. The van der Waals surface area contributed by atoms with Crippen LogP contribution in [0.4, 0.5) is 0 Å². The van der Waals surface area contributed by atoms with E-state index >= 15 is 0 Å². The smallest absolute Gasteiger partial charge is 0.339 e. The molecule has 0 spiro atoms. The fraction of sp³-hybridized carbons (Fsp3) is 0.421. The van der Waals surface area contributed by atoms with Crippen molar-refractivity contribution in [3.8, 4) is 0 Å². The van der Waals surface area contributed by atoms with Gasteiger partial charge in [0.1, 0.15) is 0 Å². The molecule has 0 aliphatic carbocycles.